The third-order valence-electron chi connectivity index (χ3n) is 11.9. The second-order valence-electron chi connectivity index (χ2n) is 15.2. The fourth-order valence-electron chi connectivity index (χ4n) is 9.16. The molecule has 0 aliphatic carbocycles. The van der Waals surface area contributed by atoms with E-state index in [9.17, 15) is 0 Å². The van der Waals surface area contributed by atoms with Gasteiger partial charge in [0.05, 0.1) is 11.4 Å². The molecule has 0 saturated carbocycles. The number of anilines is 3. The Bertz CT molecular complexity index is 3570. The molecular weight excluding hydrogens is 719 g/mol. The molecule has 0 fully saturated rings. The highest BCUT2D eigenvalue weighted by Gasteiger charge is 2.24. The molecule has 2 heterocycles. The maximum absolute atomic E-state index is 6.66. The average Bonchev–Trinajstić information content (AvgIpc) is 3.87. The van der Waals surface area contributed by atoms with E-state index in [4.69, 9.17) is 8.83 Å². The first-order valence-corrected chi connectivity index (χ1v) is 20.1. The maximum atomic E-state index is 6.66. The number of hydrogen-bond acceptors (Lipinski definition) is 3. The Morgan fingerprint density at radius 1 is 0.305 bits per heavy atom. The smallest absolute Gasteiger partial charge is 0.143 e. The van der Waals surface area contributed by atoms with Gasteiger partial charge in [0, 0.05) is 43.9 Å². The Balaban J connectivity index is 1.10. The minimum atomic E-state index is 0.866. The molecule has 276 valence electrons. The molecule has 10 aromatic carbocycles. The van der Waals surface area contributed by atoms with E-state index in [0.717, 1.165) is 88.6 Å². The number of rotatable bonds is 6. The van der Waals surface area contributed by atoms with Crippen LogP contribution < -0.4 is 4.90 Å². The van der Waals surface area contributed by atoms with Gasteiger partial charge in [-0.1, -0.05) is 164 Å². The summed E-state index contributed by atoms with van der Waals surface area (Å²) in [5.41, 5.74) is 13.4. The second kappa shape index (κ2) is 13.4. The van der Waals surface area contributed by atoms with Crippen LogP contribution in [0, 0.1) is 0 Å². The van der Waals surface area contributed by atoms with E-state index in [0.29, 0.717) is 0 Å². The minimum absolute atomic E-state index is 0.866. The Labute approximate surface area is 340 Å². The van der Waals surface area contributed by atoms with Gasteiger partial charge in [0.1, 0.15) is 22.3 Å². The summed E-state index contributed by atoms with van der Waals surface area (Å²) in [5.74, 6) is 0. The van der Waals surface area contributed by atoms with Gasteiger partial charge >= 0.3 is 0 Å². The summed E-state index contributed by atoms with van der Waals surface area (Å²) in [6, 6.07) is 75.7. The molecule has 12 rings (SSSR count). The molecule has 0 radical (unpaired) electrons. The number of para-hydroxylation sites is 4. The van der Waals surface area contributed by atoms with E-state index in [1.807, 2.05) is 12.1 Å². The topological polar surface area (TPSA) is 29.5 Å². The molecule has 0 spiro atoms. The molecule has 0 N–H and O–H groups in total. The van der Waals surface area contributed by atoms with Crippen LogP contribution in [0.3, 0.4) is 0 Å². The van der Waals surface area contributed by atoms with E-state index in [2.05, 4.69) is 205 Å². The molecule has 59 heavy (non-hydrogen) atoms. The van der Waals surface area contributed by atoms with Gasteiger partial charge in [0.2, 0.25) is 0 Å². The average molecular weight is 754 g/mol. The van der Waals surface area contributed by atoms with Crippen molar-refractivity contribution in [2.24, 2.45) is 0 Å². The van der Waals surface area contributed by atoms with E-state index < -0.39 is 0 Å². The zero-order chi connectivity index (χ0) is 38.9. The van der Waals surface area contributed by atoms with Gasteiger partial charge in [0.15, 0.2) is 0 Å². The van der Waals surface area contributed by atoms with Crippen molar-refractivity contribution in [3.8, 4) is 33.4 Å². The summed E-state index contributed by atoms with van der Waals surface area (Å²) >= 11 is 0. The molecule has 0 saturated heterocycles. The number of nitrogens with zero attached hydrogens (tertiary/aromatic N) is 1. The molecule has 0 amide bonds. The van der Waals surface area contributed by atoms with E-state index >= 15 is 0 Å². The molecule has 2 aromatic heterocycles. The van der Waals surface area contributed by atoms with Crippen LogP contribution in [0.4, 0.5) is 17.1 Å². The van der Waals surface area contributed by atoms with Gasteiger partial charge in [-0.3, -0.25) is 0 Å². The first kappa shape index (κ1) is 33.3. The van der Waals surface area contributed by atoms with Crippen LogP contribution in [0.1, 0.15) is 0 Å². The quantitative estimate of drug-likeness (QED) is 0.169. The summed E-state index contributed by atoms with van der Waals surface area (Å²) in [6.07, 6.45) is 0. The highest BCUT2D eigenvalue weighted by Crippen LogP contribution is 2.49. The normalized spacial score (nSPS) is 11.7. The second-order valence-corrected chi connectivity index (χ2v) is 15.2. The standard InChI is InChI=1S/C56H35NO2/c1-2-16-39-35-54-49(34-38(39)15-1)55-46(23-13-29-53(55)58-54)43-19-5-8-26-50(43)57(40-32-30-37(31-33-40)42-22-11-17-36-14-3-4-18-41(36)42)51-27-9-6-20-44(51)47-24-12-25-48-45-21-7-10-28-52(45)59-56(47)48/h1-35H. The molecular formula is C56H35NO2. The Morgan fingerprint density at radius 2 is 0.847 bits per heavy atom. The van der Waals surface area contributed by atoms with E-state index in [1.54, 1.807) is 0 Å². The van der Waals surface area contributed by atoms with Crippen molar-refractivity contribution >= 4 is 82.5 Å². The highest BCUT2D eigenvalue weighted by molar-refractivity contribution is 6.17. The zero-order valence-electron chi connectivity index (χ0n) is 32.0. The predicted molar refractivity (Wildman–Crippen MR) is 247 cm³/mol. The van der Waals surface area contributed by atoms with Crippen molar-refractivity contribution in [3.05, 3.63) is 212 Å². The third kappa shape index (κ3) is 5.36. The number of hydrogen-bond donors (Lipinski definition) is 0. The zero-order valence-corrected chi connectivity index (χ0v) is 32.0. The minimum Gasteiger partial charge on any atom is -0.456 e. The summed E-state index contributed by atoms with van der Waals surface area (Å²) in [4.78, 5) is 2.41. The van der Waals surface area contributed by atoms with Crippen molar-refractivity contribution in [1.82, 2.24) is 0 Å². The SMILES string of the molecule is c1ccc(N(c2ccc(-c3cccc4ccccc34)cc2)c2ccccc2-c2cccc3oc4cc5ccccc5cc4c23)c(-c2cccc3c2oc2ccccc23)c1. The van der Waals surface area contributed by atoms with Crippen LogP contribution >= 0.6 is 0 Å². The van der Waals surface area contributed by atoms with Gasteiger partial charge in [-0.05, 0) is 86.8 Å². The predicted octanol–water partition coefficient (Wildman–Crippen LogP) is 16.3. The monoisotopic (exact) mass is 753 g/mol. The lowest BCUT2D eigenvalue weighted by atomic mass is 9.94. The molecule has 3 nitrogen and oxygen atoms in total. The number of furan rings is 2. The van der Waals surface area contributed by atoms with Crippen LogP contribution in [-0.2, 0) is 0 Å². The van der Waals surface area contributed by atoms with Crippen LogP contribution in [0.2, 0.25) is 0 Å². The lowest BCUT2D eigenvalue weighted by molar-refractivity contribution is 0.669. The summed E-state index contributed by atoms with van der Waals surface area (Å²) < 4.78 is 13.3. The van der Waals surface area contributed by atoms with Crippen LogP contribution in [-0.4, -0.2) is 0 Å². The summed E-state index contributed by atoms with van der Waals surface area (Å²) in [5, 5.41) is 9.24. The number of fused-ring (bicyclic) bond motifs is 8. The van der Waals surface area contributed by atoms with Crippen molar-refractivity contribution in [2.45, 2.75) is 0 Å². The molecule has 0 atom stereocenters. The lowest BCUT2D eigenvalue weighted by Gasteiger charge is -2.30. The molecule has 3 heteroatoms. The number of benzene rings is 10. The van der Waals surface area contributed by atoms with E-state index in [-0.39, 0.29) is 0 Å². The fraction of sp³-hybridized carbons (Fsp3) is 0. The highest BCUT2D eigenvalue weighted by atomic mass is 16.3. The van der Waals surface area contributed by atoms with Gasteiger partial charge in [-0.15, -0.1) is 0 Å². The Hall–Kier alpha value is -7.88. The van der Waals surface area contributed by atoms with Crippen LogP contribution in [0.5, 0.6) is 0 Å². The maximum Gasteiger partial charge on any atom is 0.143 e. The molecule has 0 unspecified atom stereocenters. The van der Waals surface area contributed by atoms with Crippen molar-refractivity contribution in [3.63, 3.8) is 0 Å². The van der Waals surface area contributed by atoms with Gasteiger partial charge in [0.25, 0.3) is 0 Å². The van der Waals surface area contributed by atoms with Gasteiger partial charge in [-0.25, -0.2) is 0 Å². The lowest BCUT2D eigenvalue weighted by Crippen LogP contribution is -2.12. The first-order valence-electron chi connectivity index (χ1n) is 20.1. The Kier molecular flexibility index (Phi) is 7.54. The third-order valence-corrected chi connectivity index (χ3v) is 11.9. The van der Waals surface area contributed by atoms with Crippen LogP contribution in [0.15, 0.2) is 221 Å². The van der Waals surface area contributed by atoms with Crippen molar-refractivity contribution in [1.29, 1.82) is 0 Å². The Morgan fingerprint density at radius 3 is 1.66 bits per heavy atom. The van der Waals surface area contributed by atoms with Crippen LogP contribution in [0.25, 0.3) is 98.8 Å². The molecule has 0 bridgehead atoms. The summed E-state index contributed by atoms with van der Waals surface area (Å²) in [6.45, 7) is 0. The molecule has 12 aromatic rings. The molecule has 0 aliphatic heterocycles. The summed E-state index contributed by atoms with van der Waals surface area (Å²) in [7, 11) is 0. The molecule has 0 aliphatic rings. The largest absolute Gasteiger partial charge is 0.456 e. The van der Waals surface area contributed by atoms with Gasteiger partial charge in [-0.2, -0.15) is 0 Å². The first-order chi connectivity index (χ1) is 29.3. The van der Waals surface area contributed by atoms with E-state index in [1.165, 1.54) is 27.3 Å². The van der Waals surface area contributed by atoms with Gasteiger partial charge < -0.3 is 13.7 Å². The fourth-order valence-corrected chi connectivity index (χ4v) is 9.16. The van der Waals surface area contributed by atoms with Crippen molar-refractivity contribution in [2.75, 3.05) is 4.90 Å². The van der Waals surface area contributed by atoms with Crippen molar-refractivity contribution < 1.29 is 8.83 Å².